The van der Waals surface area contributed by atoms with Crippen molar-refractivity contribution in [1.82, 2.24) is 9.97 Å². The van der Waals surface area contributed by atoms with Crippen LogP contribution in [0.3, 0.4) is 0 Å². The van der Waals surface area contributed by atoms with Crippen molar-refractivity contribution in [3.8, 4) is 33.6 Å². The van der Waals surface area contributed by atoms with Gasteiger partial charge in [0, 0.05) is 26.3 Å². The van der Waals surface area contributed by atoms with Crippen molar-refractivity contribution in [1.29, 1.82) is 0 Å². The Hall–Kier alpha value is -6.75. The van der Waals surface area contributed by atoms with Crippen LogP contribution in [0.1, 0.15) is 25.0 Å². The highest BCUT2D eigenvalue weighted by molar-refractivity contribution is 7.99. The molecule has 0 bridgehead atoms. The first-order valence-corrected chi connectivity index (χ1v) is 20.4. The lowest BCUT2D eigenvalue weighted by Gasteiger charge is -2.33. The topological polar surface area (TPSA) is 29.0 Å². The fraction of sp³-hybridized carbons (Fsp3) is 0.0566. The third-order valence-corrected chi connectivity index (χ3v) is 13.3. The number of aromatic nitrogens is 2. The Bertz CT molecular complexity index is 3240. The maximum Gasteiger partial charge on any atom is 0.235 e. The molecule has 3 nitrogen and oxygen atoms in total. The van der Waals surface area contributed by atoms with Crippen LogP contribution in [0.5, 0.6) is 0 Å². The first-order chi connectivity index (χ1) is 28.0. The first-order valence-electron chi connectivity index (χ1n) is 19.6. The number of nitrogens with zero attached hydrogens (tertiary/aromatic N) is 3. The van der Waals surface area contributed by atoms with E-state index < -0.39 is 0 Å². The van der Waals surface area contributed by atoms with Crippen LogP contribution in [0, 0.1) is 0 Å². The molecular formula is C53H35N3S. The highest BCUT2D eigenvalue weighted by Gasteiger charge is 2.39. The van der Waals surface area contributed by atoms with Crippen molar-refractivity contribution in [3.05, 3.63) is 187 Å². The molecule has 57 heavy (non-hydrogen) atoms. The molecule has 0 N–H and O–H groups in total. The molecule has 0 saturated heterocycles. The molecule has 0 amide bonds. The fourth-order valence-electron chi connectivity index (χ4n) is 9.38. The van der Waals surface area contributed by atoms with Gasteiger partial charge >= 0.3 is 0 Å². The van der Waals surface area contributed by atoms with Crippen molar-refractivity contribution < 1.29 is 0 Å². The molecule has 1 aliphatic carbocycles. The molecule has 0 saturated carbocycles. The summed E-state index contributed by atoms with van der Waals surface area (Å²) in [6.45, 7) is 4.78. The first kappa shape index (κ1) is 32.5. The Morgan fingerprint density at radius 2 is 0.877 bits per heavy atom. The molecule has 0 unspecified atom stereocenters. The predicted molar refractivity (Wildman–Crippen MR) is 239 cm³/mol. The van der Waals surface area contributed by atoms with Gasteiger partial charge in [0.15, 0.2) is 0 Å². The SMILES string of the molecule is CC1(C)c2cc3c(cc2-c2cc4c5ccccc5c5ccccc5c4cc21)Sc1cc2ccccc2cc1N3c1nc(-c2ccccc2)cc(-c2ccccc2)n1. The summed E-state index contributed by atoms with van der Waals surface area (Å²) in [5.41, 5.74) is 11.1. The van der Waals surface area contributed by atoms with Crippen LogP contribution in [-0.4, -0.2) is 9.97 Å². The fourth-order valence-corrected chi connectivity index (χ4v) is 10.5. The van der Waals surface area contributed by atoms with Gasteiger partial charge in [0.1, 0.15) is 0 Å². The molecule has 2 heterocycles. The number of anilines is 3. The van der Waals surface area contributed by atoms with Gasteiger partial charge < -0.3 is 0 Å². The number of hydrogen-bond donors (Lipinski definition) is 0. The summed E-state index contributed by atoms with van der Waals surface area (Å²) in [7, 11) is 0. The molecule has 0 fully saturated rings. The second-order valence-electron chi connectivity index (χ2n) is 15.8. The summed E-state index contributed by atoms with van der Waals surface area (Å²) in [5, 5.41) is 10.2. The van der Waals surface area contributed by atoms with Gasteiger partial charge in [-0.2, -0.15) is 0 Å². The summed E-state index contributed by atoms with van der Waals surface area (Å²) in [4.78, 5) is 15.5. The molecule has 0 atom stereocenters. The number of hydrogen-bond acceptors (Lipinski definition) is 4. The molecule has 1 aromatic heterocycles. The number of fused-ring (bicyclic) bond motifs is 12. The molecule has 2 aliphatic rings. The number of rotatable bonds is 3. The molecule has 0 radical (unpaired) electrons. The average molecular weight is 746 g/mol. The predicted octanol–water partition coefficient (Wildman–Crippen LogP) is 14.7. The van der Waals surface area contributed by atoms with Gasteiger partial charge in [-0.25, -0.2) is 9.97 Å². The lowest BCUT2D eigenvalue weighted by molar-refractivity contribution is 0.661. The summed E-state index contributed by atoms with van der Waals surface area (Å²) < 4.78 is 0. The highest BCUT2D eigenvalue weighted by Crippen LogP contribution is 2.58. The van der Waals surface area contributed by atoms with E-state index in [1.807, 2.05) is 11.8 Å². The van der Waals surface area contributed by atoms with Crippen LogP contribution in [0.2, 0.25) is 0 Å². The van der Waals surface area contributed by atoms with Crippen LogP contribution < -0.4 is 4.90 Å². The van der Waals surface area contributed by atoms with Crippen molar-refractivity contribution in [2.75, 3.05) is 4.90 Å². The Morgan fingerprint density at radius 1 is 0.421 bits per heavy atom. The third kappa shape index (κ3) is 4.87. The minimum absolute atomic E-state index is 0.247. The third-order valence-electron chi connectivity index (χ3n) is 12.2. The molecular weight excluding hydrogens is 711 g/mol. The van der Waals surface area contributed by atoms with Crippen LogP contribution in [0.4, 0.5) is 17.3 Å². The van der Waals surface area contributed by atoms with Gasteiger partial charge in [0.05, 0.1) is 22.8 Å². The minimum atomic E-state index is -0.247. The van der Waals surface area contributed by atoms with Crippen LogP contribution in [0.25, 0.3) is 76.7 Å². The quantitative estimate of drug-likeness (QED) is 0.168. The molecule has 4 heteroatoms. The number of benzene rings is 9. The van der Waals surface area contributed by atoms with Gasteiger partial charge in [-0.15, -0.1) is 0 Å². The largest absolute Gasteiger partial charge is 0.277 e. The van der Waals surface area contributed by atoms with Gasteiger partial charge in [-0.1, -0.05) is 159 Å². The molecule has 12 rings (SSSR count). The Balaban J connectivity index is 1.13. The molecule has 268 valence electrons. The molecule has 9 aromatic carbocycles. The van der Waals surface area contributed by atoms with Gasteiger partial charge in [-0.3, -0.25) is 4.90 Å². The zero-order valence-electron chi connectivity index (χ0n) is 31.5. The zero-order chi connectivity index (χ0) is 37.8. The molecule has 0 spiro atoms. The van der Waals surface area contributed by atoms with Gasteiger partial charge in [0.2, 0.25) is 5.95 Å². The maximum atomic E-state index is 5.40. The van der Waals surface area contributed by atoms with Gasteiger partial charge in [-0.05, 0) is 108 Å². The standard InChI is InChI=1S/C53H35N3S/c1-53(2)44-28-41-39-24-14-12-22-37(39)36-21-11-13-23-38(36)40(41)27-42(44)43-29-51-49(30-45(43)53)56(48-25-34-19-9-10-20-35(34)26-50(48)57-51)52-54-46(32-15-5-3-6-16-32)31-47(55-52)33-17-7-4-8-18-33/h3-31H,1-2H3. The van der Waals surface area contributed by atoms with Crippen LogP contribution in [-0.2, 0) is 5.41 Å². The van der Waals surface area contributed by atoms with E-state index in [9.17, 15) is 0 Å². The summed E-state index contributed by atoms with van der Waals surface area (Å²) in [6.07, 6.45) is 0. The monoisotopic (exact) mass is 745 g/mol. The van der Waals surface area contributed by atoms with Crippen molar-refractivity contribution in [3.63, 3.8) is 0 Å². The maximum absolute atomic E-state index is 5.40. The van der Waals surface area contributed by atoms with E-state index in [-0.39, 0.29) is 5.41 Å². The lowest BCUT2D eigenvalue weighted by atomic mass is 9.81. The van der Waals surface area contributed by atoms with Crippen molar-refractivity contribution >= 4 is 72.2 Å². The Morgan fingerprint density at radius 3 is 1.49 bits per heavy atom. The van der Waals surface area contributed by atoms with E-state index in [1.54, 1.807) is 0 Å². The minimum Gasteiger partial charge on any atom is -0.277 e. The average Bonchev–Trinajstić information content (AvgIpc) is 3.48. The van der Waals surface area contributed by atoms with Crippen LogP contribution >= 0.6 is 11.8 Å². The Kier molecular flexibility index (Phi) is 6.91. The van der Waals surface area contributed by atoms with E-state index in [0.717, 1.165) is 33.9 Å². The molecule has 10 aromatic rings. The van der Waals surface area contributed by atoms with E-state index in [2.05, 4.69) is 195 Å². The van der Waals surface area contributed by atoms with Crippen LogP contribution in [0.15, 0.2) is 186 Å². The van der Waals surface area contributed by atoms with E-state index >= 15 is 0 Å². The molecule has 1 aliphatic heterocycles. The van der Waals surface area contributed by atoms with Crippen molar-refractivity contribution in [2.45, 2.75) is 29.1 Å². The Labute approximate surface area is 335 Å². The summed E-state index contributed by atoms with van der Waals surface area (Å²) >= 11 is 1.85. The zero-order valence-corrected chi connectivity index (χ0v) is 32.3. The van der Waals surface area contributed by atoms with Gasteiger partial charge in [0.25, 0.3) is 0 Å². The summed E-state index contributed by atoms with van der Waals surface area (Å²) in [6, 6.07) is 64.0. The summed E-state index contributed by atoms with van der Waals surface area (Å²) in [5.74, 6) is 0.658. The lowest BCUT2D eigenvalue weighted by Crippen LogP contribution is -2.20. The van der Waals surface area contributed by atoms with E-state index in [4.69, 9.17) is 9.97 Å². The normalized spacial score (nSPS) is 13.8. The smallest absolute Gasteiger partial charge is 0.235 e. The van der Waals surface area contributed by atoms with Crippen molar-refractivity contribution in [2.24, 2.45) is 0 Å². The highest BCUT2D eigenvalue weighted by atomic mass is 32.2. The second kappa shape index (κ2) is 12.1. The second-order valence-corrected chi connectivity index (χ2v) is 16.9. The van der Waals surface area contributed by atoms with E-state index in [1.165, 1.54) is 75.1 Å². The van der Waals surface area contributed by atoms with E-state index in [0.29, 0.717) is 5.95 Å².